The summed E-state index contributed by atoms with van der Waals surface area (Å²) >= 11 is 1.27. The molecule has 0 aliphatic carbocycles. The zero-order valence-electron chi connectivity index (χ0n) is 9.51. The third kappa shape index (κ3) is 2.77. The number of aliphatic carboxylic acids is 1. The molecule has 98 valence electrons. The molecule has 7 nitrogen and oxygen atoms in total. The molecule has 0 radical (unpaired) electrons. The number of aromatic nitrogens is 1. The van der Waals surface area contributed by atoms with Crippen LogP contribution in [0.5, 0.6) is 0 Å². The molecule has 1 fully saturated rings. The first-order chi connectivity index (χ1) is 8.62. The molecular weight excluding hydrogens is 258 g/mol. The lowest BCUT2D eigenvalue weighted by Crippen LogP contribution is -2.58. The van der Waals surface area contributed by atoms with Crippen LogP contribution in [-0.4, -0.2) is 40.8 Å². The van der Waals surface area contributed by atoms with Gasteiger partial charge in [-0.3, -0.25) is 5.32 Å². The molecule has 0 saturated carbocycles. The number of carboxylic acid groups (broad SMARTS) is 1. The minimum Gasteiger partial charge on any atom is -0.480 e. The second-order valence-corrected chi connectivity index (χ2v) is 4.81. The average Bonchev–Trinajstić information content (AvgIpc) is 2.82. The van der Waals surface area contributed by atoms with Crippen molar-refractivity contribution in [2.45, 2.75) is 18.4 Å². The first kappa shape index (κ1) is 12.8. The molecule has 2 rings (SSSR count). The summed E-state index contributed by atoms with van der Waals surface area (Å²) in [6.45, 7) is 0.646. The van der Waals surface area contributed by atoms with Crippen molar-refractivity contribution in [3.8, 4) is 0 Å². The van der Waals surface area contributed by atoms with Crippen molar-refractivity contribution < 1.29 is 19.4 Å². The van der Waals surface area contributed by atoms with Crippen molar-refractivity contribution in [3.05, 3.63) is 11.6 Å². The van der Waals surface area contributed by atoms with Gasteiger partial charge in [-0.15, -0.1) is 11.3 Å². The highest BCUT2D eigenvalue weighted by Crippen LogP contribution is 2.21. The van der Waals surface area contributed by atoms with Gasteiger partial charge in [0.05, 0.1) is 0 Å². The minimum atomic E-state index is -1.25. The minimum absolute atomic E-state index is 0.258. The van der Waals surface area contributed by atoms with Crippen molar-refractivity contribution in [2.75, 3.05) is 18.5 Å². The predicted molar refractivity (Wildman–Crippen MR) is 64.7 cm³/mol. The van der Waals surface area contributed by atoms with Crippen LogP contribution in [0.2, 0.25) is 0 Å². The summed E-state index contributed by atoms with van der Waals surface area (Å²) in [6.07, 6.45) is 2.07. The monoisotopic (exact) mass is 271 g/mol. The summed E-state index contributed by atoms with van der Waals surface area (Å²) < 4.78 is 5.12. The van der Waals surface area contributed by atoms with Gasteiger partial charge >= 0.3 is 12.0 Å². The Morgan fingerprint density at radius 2 is 2.17 bits per heavy atom. The molecule has 2 heterocycles. The fourth-order valence-corrected chi connectivity index (χ4v) is 2.27. The Balaban J connectivity index is 2.00. The molecule has 1 saturated heterocycles. The van der Waals surface area contributed by atoms with Gasteiger partial charge in [0.25, 0.3) is 0 Å². The highest BCUT2D eigenvalue weighted by Gasteiger charge is 2.41. The predicted octanol–water partition coefficient (Wildman–Crippen LogP) is 0.898. The lowest BCUT2D eigenvalue weighted by atomic mass is 9.90. The normalized spacial score (nSPS) is 18.0. The van der Waals surface area contributed by atoms with E-state index in [-0.39, 0.29) is 12.8 Å². The van der Waals surface area contributed by atoms with Crippen molar-refractivity contribution in [2.24, 2.45) is 0 Å². The number of nitrogens with zero attached hydrogens (tertiary/aromatic N) is 1. The molecule has 1 aromatic heterocycles. The van der Waals surface area contributed by atoms with E-state index < -0.39 is 17.5 Å². The smallest absolute Gasteiger partial charge is 0.329 e. The van der Waals surface area contributed by atoms with Crippen LogP contribution in [0.3, 0.4) is 0 Å². The molecule has 1 aromatic rings. The average molecular weight is 271 g/mol. The summed E-state index contributed by atoms with van der Waals surface area (Å²) in [4.78, 5) is 26.9. The number of amides is 2. The molecule has 0 aromatic carbocycles. The molecule has 0 unspecified atom stereocenters. The largest absolute Gasteiger partial charge is 0.480 e. The van der Waals surface area contributed by atoms with Gasteiger partial charge in [-0.05, 0) is 0 Å². The van der Waals surface area contributed by atoms with Gasteiger partial charge in [0.2, 0.25) is 0 Å². The van der Waals surface area contributed by atoms with Crippen LogP contribution in [0, 0.1) is 0 Å². The van der Waals surface area contributed by atoms with E-state index in [1.807, 2.05) is 0 Å². The number of thiazole rings is 1. The number of carboxylic acids is 1. The number of nitrogens with one attached hydrogen (secondary N) is 2. The molecule has 8 heteroatoms. The van der Waals surface area contributed by atoms with E-state index in [1.54, 1.807) is 11.6 Å². The van der Waals surface area contributed by atoms with Crippen LogP contribution in [0.15, 0.2) is 11.6 Å². The molecule has 18 heavy (non-hydrogen) atoms. The van der Waals surface area contributed by atoms with Crippen LogP contribution >= 0.6 is 11.3 Å². The topological polar surface area (TPSA) is 101 Å². The third-order valence-electron chi connectivity index (χ3n) is 2.76. The number of rotatable bonds is 3. The number of hydrogen-bond donors (Lipinski definition) is 3. The van der Waals surface area contributed by atoms with Crippen LogP contribution in [-0.2, 0) is 9.53 Å². The van der Waals surface area contributed by atoms with Gasteiger partial charge in [-0.25, -0.2) is 14.6 Å². The molecule has 1 aliphatic rings. The number of urea groups is 1. The van der Waals surface area contributed by atoms with E-state index >= 15 is 0 Å². The van der Waals surface area contributed by atoms with E-state index in [1.165, 1.54) is 11.3 Å². The molecule has 0 atom stereocenters. The van der Waals surface area contributed by atoms with Crippen molar-refractivity contribution in [1.82, 2.24) is 10.3 Å². The second kappa shape index (κ2) is 5.32. The van der Waals surface area contributed by atoms with E-state index in [0.717, 1.165) is 0 Å². The first-order valence-corrected chi connectivity index (χ1v) is 6.30. The van der Waals surface area contributed by atoms with Crippen LogP contribution in [0.4, 0.5) is 9.93 Å². The summed E-state index contributed by atoms with van der Waals surface area (Å²) in [5.74, 6) is -1.04. The molecule has 0 spiro atoms. The summed E-state index contributed by atoms with van der Waals surface area (Å²) in [5, 5.41) is 16.4. The lowest BCUT2D eigenvalue weighted by Gasteiger charge is -2.33. The highest BCUT2D eigenvalue weighted by molar-refractivity contribution is 7.13. The Bertz CT molecular complexity index is 428. The Morgan fingerprint density at radius 3 is 2.72 bits per heavy atom. The summed E-state index contributed by atoms with van der Waals surface area (Å²) in [6, 6.07) is -0.561. The van der Waals surface area contributed by atoms with Crippen LogP contribution in [0.1, 0.15) is 12.8 Å². The fraction of sp³-hybridized carbons (Fsp3) is 0.500. The maximum atomic E-state index is 11.7. The lowest BCUT2D eigenvalue weighted by molar-refractivity contribution is -0.148. The van der Waals surface area contributed by atoms with Crippen molar-refractivity contribution in [1.29, 1.82) is 0 Å². The van der Waals surface area contributed by atoms with Gasteiger partial charge in [0.1, 0.15) is 5.54 Å². The number of carbonyl (C=O) groups excluding carboxylic acids is 1. The molecule has 1 aliphatic heterocycles. The molecule has 0 bridgehead atoms. The quantitative estimate of drug-likeness (QED) is 0.758. The Morgan fingerprint density at radius 1 is 1.44 bits per heavy atom. The Hall–Kier alpha value is -1.67. The van der Waals surface area contributed by atoms with E-state index in [4.69, 9.17) is 4.74 Å². The van der Waals surface area contributed by atoms with Crippen molar-refractivity contribution >= 4 is 28.5 Å². The second-order valence-electron chi connectivity index (χ2n) is 3.92. The maximum Gasteiger partial charge on any atom is 0.329 e. The summed E-state index contributed by atoms with van der Waals surface area (Å²) in [5.41, 5.74) is -1.25. The summed E-state index contributed by atoms with van der Waals surface area (Å²) in [7, 11) is 0. The highest BCUT2D eigenvalue weighted by atomic mass is 32.1. The van der Waals surface area contributed by atoms with E-state index in [9.17, 15) is 14.7 Å². The standard InChI is InChI=1S/C10H13N3O4S/c14-7(15)10(1-4-17-5-2-10)13-8(16)12-9-11-3-6-18-9/h3,6H,1-2,4-5H2,(H,14,15)(H2,11,12,13,16). The van der Waals surface area contributed by atoms with Gasteiger partial charge in [0, 0.05) is 37.6 Å². The van der Waals surface area contributed by atoms with Gasteiger partial charge in [-0.1, -0.05) is 0 Å². The molecule has 2 amide bonds. The number of anilines is 1. The Kier molecular flexibility index (Phi) is 3.78. The molecular formula is C10H13N3O4S. The van der Waals surface area contributed by atoms with E-state index in [2.05, 4.69) is 15.6 Å². The third-order valence-corrected chi connectivity index (χ3v) is 3.45. The number of carbonyl (C=O) groups is 2. The van der Waals surface area contributed by atoms with Crippen LogP contribution in [0.25, 0.3) is 0 Å². The Labute approximate surface area is 107 Å². The van der Waals surface area contributed by atoms with E-state index in [0.29, 0.717) is 18.3 Å². The zero-order chi connectivity index (χ0) is 13.0. The maximum absolute atomic E-state index is 11.7. The van der Waals surface area contributed by atoms with Gasteiger partial charge in [-0.2, -0.15) is 0 Å². The number of hydrogen-bond acceptors (Lipinski definition) is 5. The van der Waals surface area contributed by atoms with Gasteiger partial charge < -0.3 is 15.2 Å². The molecule has 3 N–H and O–H groups in total. The zero-order valence-corrected chi connectivity index (χ0v) is 10.3. The first-order valence-electron chi connectivity index (χ1n) is 5.42. The van der Waals surface area contributed by atoms with Crippen molar-refractivity contribution in [3.63, 3.8) is 0 Å². The SMILES string of the molecule is O=C(Nc1nccs1)NC1(C(=O)O)CCOCC1. The number of ether oxygens (including phenoxy) is 1. The fourth-order valence-electron chi connectivity index (χ4n) is 1.74. The van der Waals surface area contributed by atoms with Crippen LogP contribution < -0.4 is 10.6 Å². The van der Waals surface area contributed by atoms with Gasteiger partial charge in [0.15, 0.2) is 5.13 Å².